The minimum absolute atomic E-state index is 0.604. The molecule has 0 saturated heterocycles. The molecule has 0 unspecified atom stereocenters. The van der Waals surface area contributed by atoms with Crippen LogP contribution in [0.3, 0.4) is 0 Å². The Morgan fingerprint density at radius 1 is 1.20 bits per heavy atom. The van der Waals surface area contributed by atoms with Crippen molar-refractivity contribution in [3.05, 3.63) is 32.8 Å². The molecule has 0 atom stereocenters. The van der Waals surface area contributed by atoms with Crippen LogP contribution in [0.25, 0.3) is 9.65 Å². The quantitative estimate of drug-likeness (QED) is 0.518. The molecule has 0 aliphatic carbocycles. The van der Waals surface area contributed by atoms with Gasteiger partial charge in [0.15, 0.2) is 0 Å². The van der Waals surface area contributed by atoms with Crippen LogP contribution in [-0.2, 0) is 0 Å². The molecule has 1 heterocycles. The topological polar surface area (TPSA) is 0 Å². The summed E-state index contributed by atoms with van der Waals surface area (Å²) in [4.78, 5) is 2.28. The molecular weight excluding hydrogens is 302 g/mol. The van der Waals surface area contributed by atoms with E-state index >= 15 is 0 Å². The SMILES string of the molecule is Ic1cccc2cc[se]c12. The van der Waals surface area contributed by atoms with Crippen LogP contribution in [0, 0.1) is 3.57 Å². The average molecular weight is 307 g/mol. The van der Waals surface area contributed by atoms with Crippen LogP contribution >= 0.6 is 22.6 Å². The van der Waals surface area contributed by atoms with Gasteiger partial charge in [-0.1, -0.05) is 0 Å². The van der Waals surface area contributed by atoms with Gasteiger partial charge >= 0.3 is 79.5 Å². The van der Waals surface area contributed by atoms with Crippen molar-refractivity contribution in [1.29, 1.82) is 0 Å². The molecule has 0 bridgehead atoms. The van der Waals surface area contributed by atoms with Crippen LogP contribution in [0.5, 0.6) is 0 Å². The van der Waals surface area contributed by atoms with Gasteiger partial charge in [0, 0.05) is 0 Å². The van der Waals surface area contributed by atoms with Crippen molar-refractivity contribution in [1.82, 2.24) is 0 Å². The van der Waals surface area contributed by atoms with E-state index in [4.69, 9.17) is 0 Å². The van der Waals surface area contributed by atoms with Crippen molar-refractivity contribution < 1.29 is 0 Å². The molecule has 10 heavy (non-hydrogen) atoms. The number of halogens is 1. The summed E-state index contributed by atoms with van der Waals surface area (Å²) in [5.74, 6) is 0. The standard InChI is InChI=1S/C8H5ISe/c9-7-3-1-2-6-4-5-10-8(6)7/h1-5H. The second-order valence-corrected chi connectivity index (χ2v) is 5.16. The molecule has 2 rings (SSSR count). The second kappa shape index (κ2) is 2.68. The van der Waals surface area contributed by atoms with Crippen molar-refractivity contribution in [2.24, 2.45) is 0 Å². The van der Waals surface area contributed by atoms with Crippen molar-refractivity contribution in [3.8, 4) is 0 Å². The first-order chi connectivity index (χ1) is 4.88. The molecule has 0 spiro atoms. The molecule has 50 valence electrons. The summed E-state index contributed by atoms with van der Waals surface area (Å²) in [7, 11) is 0. The summed E-state index contributed by atoms with van der Waals surface area (Å²) in [6.45, 7) is 0. The molecule has 0 aliphatic rings. The summed E-state index contributed by atoms with van der Waals surface area (Å²) in [6.07, 6.45) is 0. The summed E-state index contributed by atoms with van der Waals surface area (Å²) in [5, 5.41) is 1.42. The zero-order chi connectivity index (χ0) is 6.97. The monoisotopic (exact) mass is 308 g/mol. The molecule has 0 fully saturated rings. The summed E-state index contributed by atoms with van der Waals surface area (Å²) in [6, 6.07) is 8.70. The van der Waals surface area contributed by atoms with Gasteiger partial charge in [0.25, 0.3) is 0 Å². The third-order valence-corrected chi connectivity index (χ3v) is 5.17. The van der Waals surface area contributed by atoms with Crippen LogP contribution < -0.4 is 0 Å². The van der Waals surface area contributed by atoms with Crippen molar-refractivity contribution >= 4 is 46.7 Å². The molecule has 0 aliphatic heterocycles. The Bertz CT molecular complexity index is 351. The molecule has 0 saturated carbocycles. The van der Waals surface area contributed by atoms with E-state index in [0.717, 1.165) is 0 Å². The van der Waals surface area contributed by atoms with E-state index in [2.05, 4.69) is 51.8 Å². The van der Waals surface area contributed by atoms with E-state index < -0.39 is 0 Å². The van der Waals surface area contributed by atoms with E-state index in [1.165, 1.54) is 8.96 Å². The van der Waals surface area contributed by atoms with Crippen LogP contribution in [0.1, 0.15) is 0 Å². The molecule has 2 aromatic rings. The van der Waals surface area contributed by atoms with Gasteiger partial charge in [0.05, 0.1) is 0 Å². The molecular formula is C8H5ISe. The van der Waals surface area contributed by atoms with Crippen molar-refractivity contribution in [2.45, 2.75) is 0 Å². The maximum atomic E-state index is 2.40. The zero-order valence-corrected chi connectivity index (χ0v) is 9.04. The fourth-order valence-electron chi connectivity index (χ4n) is 0.956. The summed E-state index contributed by atoms with van der Waals surface area (Å²) < 4.78 is 2.97. The van der Waals surface area contributed by atoms with E-state index in [0.29, 0.717) is 14.5 Å². The van der Waals surface area contributed by atoms with Crippen LogP contribution in [0.2, 0.25) is 0 Å². The second-order valence-electron chi connectivity index (χ2n) is 2.08. The maximum absolute atomic E-state index is 2.40. The molecule has 0 nitrogen and oxygen atoms in total. The first-order valence-corrected chi connectivity index (χ1v) is 5.92. The Kier molecular flexibility index (Phi) is 1.85. The van der Waals surface area contributed by atoms with Crippen LogP contribution in [0.4, 0.5) is 0 Å². The van der Waals surface area contributed by atoms with Gasteiger partial charge in [0.1, 0.15) is 0 Å². The number of hydrogen-bond donors (Lipinski definition) is 0. The molecule has 0 radical (unpaired) electrons. The van der Waals surface area contributed by atoms with Crippen molar-refractivity contribution in [2.75, 3.05) is 0 Å². The van der Waals surface area contributed by atoms with Crippen LogP contribution in [0.15, 0.2) is 29.2 Å². The Morgan fingerprint density at radius 2 is 2.10 bits per heavy atom. The van der Waals surface area contributed by atoms with Crippen molar-refractivity contribution in [3.63, 3.8) is 0 Å². The van der Waals surface area contributed by atoms with Gasteiger partial charge in [0.2, 0.25) is 0 Å². The van der Waals surface area contributed by atoms with Gasteiger partial charge in [-0.3, -0.25) is 0 Å². The van der Waals surface area contributed by atoms with E-state index in [9.17, 15) is 0 Å². The predicted octanol–water partition coefficient (Wildman–Crippen LogP) is 2.50. The first-order valence-electron chi connectivity index (χ1n) is 2.99. The number of hydrogen-bond acceptors (Lipinski definition) is 0. The Balaban J connectivity index is 2.95. The van der Waals surface area contributed by atoms with E-state index in [-0.39, 0.29) is 0 Å². The molecule has 0 N–H and O–H groups in total. The third-order valence-electron chi connectivity index (χ3n) is 1.43. The van der Waals surface area contributed by atoms with E-state index in [1.807, 2.05) is 0 Å². The molecule has 0 amide bonds. The number of benzene rings is 1. The zero-order valence-electron chi connectivity index (χ0n) is 5.17. The van der Waals surface area contributed by atoms with E-state index in [1.54, 1.807) is 4.26 Å². The molecule has 1 aromatic carbocycles. The van der Waals surface area contributed by atoms with Gasteiger partial charge in [-0.05, 0) is 0 Å². The Morgan fingerprint density at radius 3 is 2.90 bits per heavy atom. The normalized spacial score (nSPS) is 10.5. The van der Waals surface area contributed by atoms with Crippen LogP contribution in [-0.4, -0.2) is 14.5 Å². The number of rotatable bonds is 0. The Labute approximate surface area is 79.1 Å². The minimum atomic E-state index is 0.604. The van der Waals surface area contributed by atoms with Gasteiger partial charge in [-0.25, -0.2) is 0 Å². The third kappa shape index (κ3) is 1.04. The van der Waals surface area contributed by atoms with Gasteiger partial charge in [-0.15, -0.1) is 0 Å². The Hall–Kier alpha value is 0.209. The predicted molar refractivity (Wildman–Crippen MR) is 53.6 cm³/mol. The van der Waals surface area contributed by atoms with Gasteiger partial charge < -0.3 is 0 Å². The summed E-state index contributed by atoms with van der Waals surface area (Å²) >= 11 is 3.01. The molecule has 1 aromatic heterocycles. The fraction of sp³-hybridized carbons (Fsp3) is 0. The number of fused-ring (bicyclic) bond motifs is 1. The van der Waals surface area contributed by atoms with Gasteiger partial charge in [-0.2, -0.15) is 0 Å². The molecule has 2 heteroatoms. The first kappa shape index (κ1) is 6.89. The fourth-order valence-corrected chi connectivity index (χ4v) is 3.82. The summed E-state index contributed by atoms with van der Waals surface area (Å²) in [5.41, 5.74) is 0. The average Bonchev–Trinajstić information content (AvgIpc) is 2.36.